The molecular formula is C19H21ClF2N4O2. The van der Waals surface area contributed by atoms with Crippen LogP contribution in [-0.4, -0.2) is 24.8 Å². The number of fused-ring (bicyclic) bond motifs is 1. The van der Waals surface area contributed by atoms with E-state index in [4.69, 9.17) is 11.6 Å². The lowest BCUT2D eigenvalue weighted by atomic mass is 10.1. The van der Waals surface area contributed by atoms with Crippen molar-refractivity contribution in [3.63, 3.8) is 0 Å². The van der Waals surface area contributed by atoms with Crippen molar-refractivity contribution in [1.82, 2.24) is 14.1 Å². The summed E-state index contributed by atoms with van der Waals surface area (Å²) < 4.78 is 29.6. The fourth-order valence-electron chi connectivity index (χ4n) is 2.97. The van der Waals surface area contributed by atoms with E-state index < -0.39 is 12.0 Å². The molecule has 1 aromatic carbocycles. The van der Waals surface area contributed by atoms with Crippen LogP contribution in [-0.2, 0) is 13.6 Å². The lowest BCUT2D eigenvalue weighted by Gasteiger charge is -2.17. The molecule has 0 fully saturated rings. The fraction of sp³-hybridized carbons (Fsp3) is 0.368. The molecule has 0 saturated carbocycles. The Hall–Kier alpha value is -2.45. The Morgan fingerprint density at radius 3 is 2.64 bits per heavy atom. The van der Waals surface area contributed by atoms with E-state index in [0.29, 0.717) is 29.7 Å². The molecular weight excluding hydrogens is 390 g/mol. The number of alkyl halides is 2. The van der Waals surface area contributed by atoms with Gasteiger partial charge in [-0.25, -0.2) is 18.6 Å². The van der Waals surface area contributed by atoms with Gasteiger partial charge in [0.05, 0.1) is 27.9 Å². The lowest BCUT2D eigenvalue weighted by Crippen LogP contribution is -2.27. The Kier molecular flexibility index (Phi) is 5.45. The maximum atomic E-state index is 13.3. The third-order valence-electron chi connectivity index (χ3n) is 4.51. The van der Waals surface area contributed by atoms with Crippen molar-refractivity contribution in [2.24, 2.45) is 7.05 Å². The molecule has 0 amide bonds. The predicted octanol–water partition coefficient (Wildman–Crippen LogP) is 4.23. The number of hydrogen-bond acceptors (Lipinski definition) is 4. The van der Waals surface area contributed by atoms with Crippen LogP contribution in [0.3, 0.4) is 0 Å². The number of rotatable bonds is 6. The first-order valence-corrected chi connectivity index (χ1v) is 9.07. The van der Waals surface area contributed by atoms with Crippen LogP contribution in [0.2, 0.25) is 5.15 Å². The molecule has 0 aliphatic heterocycles. The molecule has 150 valence electrons. The molecule has 28 heavy (non-hydrogen) atoms. The zero-order chi connectivity index (χ0) is 20.6. The molecule has 0 atom stereocenters. The van der Waals surface area contributed by atoms with Crippen molar-refractivity contribution in [2.75, 3.05) is 5.32 Å². The first kappa shape index (κ1) is 20.3. The van der Waals surface area contributed by atoms with Gasteiger partial charge in [-0.3, -0.25) is 9.13 Å². The first-order valence-electron chi connectivity index (χ1n) is 8.69. The number of nitrogens with one attached hydrogen (secondary N) is 1. The molecule has 0 aliphatic carbocycles. The van der Waals surface area contributed by atoms with Crippen molar-refractivity contribution < 1.29 is 13.9 Å². The van der Waals surface area contributed by atoms with Crippen molar-refractivity contribution in [1.29, 1.82) is 0 Å². The van der Waals surface area contributed by atoms with Gasteiger partial charge in [-0.15, -0.1) is 0 Å². The van der Waals surface area contributed by atoms with Crippen LogP contribution in [0.25, 0.3) is 11.0 Å². The Balaban J connectivity index is 2.03. The van der Waals surface area contributed by atoms with Crippen LogP contribution in [0.15, 0.2) is 35.3 Å². The van der Waals surface area contributed by atoms with Gasteiger partial charge < -0.3 is 10.4 Å². The van der Waals surface area contributed by atoms with Gasteiger partial charge in [0, 0.05) is 25.5 Å². The molecule has 2 heterocycles. The number of halogens is 3. The molecule has 9 heteroatoms. The molecule has 0 spiro atoms. The second-order valence-electron chi connectivity index (χ2n) is 7.28. The summed E-state index contributed by atoms with van der Waals surface area (Å²) in [5, 5.41) is 13.0. The predicted molar refractivity (Wildman–Crippen MR) is 106 cm³/mol. The fourth-order valence-corrected chi connectivity index (χ4v) is 3.13. The summed E-state index contributed by atoms with van der Waals surface area (Å²) in [4.78, 5) is 16.3. The van der Waals surface area contributed by atoms with Crippen LogP contribution in [0.5, 0.6) is 0 Å². The minimum atomic E-state index is -2.71. The average molecular weight is 411 g/mol. The highest BCUT2D eigenvalue weighted by Crippen LogP contribution is 2.31. The summed E-state index contributed by atoms with van der Waals surface area (Å²) in [5.41, 5.74) is 0.620. The standard InChI is InChI=1S/C19H21ClF2N4O2/c1-19(2,28)6-7-26-15-8-11(4-5-14(15)25(3)18(26)27)24-13-9-16(20)23-10-12(13)17(21)22/h4-5,8-10,17,28H,6-7H2,1-3H3,(H,23,24). The highest BCUT2D eigenvalue weighted by atomic mass is 35.5. The smallest absolute Gasteiger partial charge is 0.328 e. The SMILES string of the molecule is Cn1c(=O)n(CCC(C)(C)O)c2cc(Nc3cc(Cl)ncc3C(F)F)ccc21. The minimum Gasteiger partial charge on any atom is -0.390 e. The largest absolute Gasteiger partial charge is 0.390 e. The highest BCUT2D eigenvalue weighted by molar-refractivity contribution is 6.29. The van der Waals surface area contributed by atoms with Gasteiger partial charge in [-0.1, -0.05) is 11.6 Å². The molecule has 0 bridgehead atoms. The summed E-state index contributed by atoms with van der Waals surface area (Å²) in [5.74, 6) is 0. The summed E-state index contributed by atoms with van der Waals surface area (Å²) in [6, 6.07) is 6.49. The van der Waals surface area contributed by atoms with E-state index in [1.165, 1.54) is 10.6 Å². The summed E-state index contributed by atoms with van der Waals surface area (Å²) in [6.45, 7) is 3.68. The van der Waals surface area contributed by atoms with E-state index >= 15 is 0 Å². The van der Waals surface area contributed by atoms with Gasteiger partial charge in [-0.05, 0) is 44.5 Å². The number of nitrogens with zero attached hydrogens (tertiary/aromatic N) is 3. The van der Waals surface area contributed by atoms with Crippen molar-refractivity contribution in [2.45, 2.75) is 38.8 Å². The topological polar surface area (TPSA) is 72.1 Å². The Labute approximate surface area is 165 Å². The van der Waals surface area contributed by atoms with Crippen LogP contribution >= 0.6 is 11.6 Å². The van der Waals surface area contributed by atoms with E-state index in [0.717, 1.165) is 6.20 Å². The van der Waals surface area contributed by atoms with Crippen LogP contribution in [0.4, 0.5) is 20.2 Å². The van der Waals surface area contributed by atoms with Gasteiger partial charge in [-0.2, -0.15) is 0 Å². The van der Waals surface area contributed by atoms with E-state index in [9.17, 15) is 18.7 Å². The van der Waals surface area contributed by atoms with Crippen molar-refractivity contribution >= 4 is 34.0 Å². The Morgan fingerprint density at radius 2 is 2.00 bits per heavy atom. The third kappa shape index (κ3) is 4.18. The number of aryl methyl sites for hydroxylation is 2. The number of imidazole rings is 1. The lowest BCUT2D eigenvalue weighted by molar-refractivity contribution is 0.0662. The first-order chi connectivity index (χ1) is 13.1. The normalized spacial score (nSPS) is 12.1. The quantitative estimate of drug-likeness (QED) is 0.596. The number of aliphatic hydroxyl groups is 1. The summed E-state index contributed by atoms with van der Waals surface area (Å²) in [7, 11) is 1.66. The molecule has 3 aromatic rings. The van der Waals surface area contributed by atoms with Crippen molar-refractivity contribution in [3.8, 4) is 0 Å². The molecule has 2 aromatic heterocycles. The van der Waals surface area contributed by atoms with Crippen LogP contribution in [0.1, 0.15) is 32.3 Å². The van der Waals surface area contributed by atoms with E-state index in [2.05, 4.69) is 10.3 Å². The zero-order valence-electron chi connectivity index (χ0n) is 15.7. The molecule has 6 nitrogen and oxygen atoms in total. The monoisotopic (exact) mass is 410 g/mol. The van der Waals surface area contributed by atoms with Crippen molar-refractivity contribution in [3.05, 3.63) is 51.7 Å². The van der Waals surface area contributed by atoms with E-state index in [1.807, 2.05) is 0 Å². The van der Waals surface area contributed by atoms with E-state index in [-0.39, 0.29) is 22.1 Å². The molecule has 2 N–H and O–H groups in total. The van der Waals surface area contributed by atoms with Gasteiger partial charge in [0.15, 0.2) is 0 Å². The zero-order valence-corrected chi connectivity index (χ0v) is 16.5. The highest BCUT2D eigenvalue weighted by Gasteiger charge is 2.18. The van der Waals surface area contributed by atoms with Crippen LogP contribution < -0.4 is 11.0 Å². The number of benzene rings is 1. The molecule has 3 rings (SSSR count). The van der Waals surface area contributed by atoms with Crippen LogP contribution in [0, 0.1) is 0 Å². The second-order valence-corrected chi connectivity index (χ2v) is 7.67. The Bertz CT molecular complexity index is 1070. The van der Waals surface area contributed by atoms with Gasteiger partial charge >= 0.3 is 5.69 Å². The number of anilines is 2. The molecule has 0 saturated heterocycles. The van der Waals surface area contributed by atoms with E-state index in [1.54, 1.807) is 43.7 Å². The molecule has 0 unspecified atom stereocenters. The molecule has 0 radical (unpaired) electrons. The average Bonchev–Trinajstić information content (AvgIpc) is 2.83. The second kappa shape index (κ2) is 7.52. The van der Waals surface area contributed by atoms with Gasteiger partial charge in [0.1, 0.15) is 5.15 Å². The summed E-state index contributed by atoms with van der Waals surface area (Å²) in [6.07, 6.45) is -1.29. The summed E-state index contributed by atoms with van der Waals surface area (Å²) >= 11 is 5.85. The van der Waals surface area contributed by atoms with Gasteiger partial charge in [0.2, 0.25) is 0 Å². The number of aromatic nitrogens is 3. The number of pyridine rings is 1. The maximum Gasteiger partial charge on any atom is 0.328 e. The van der Waals surface area contributed by atoms with Gasteiger partial charge in [0.25, 0.3) is 6.43 Å². The Morgan fingerprint density at radius 1 is 1.29 bits per heavy atom. The third-order valence-corrected chi connectivity index (χ3v) is 4.71. The molecule has 0 aliphatic rings. The maximum absolute atomic E-state index is 13.3. The number of hydrogen-bond donors (Lipinski definition) is 2. The minimum absolute atomic E-state index is 0.0924.